The molecule has 1 heterocycles. The highest BCUT2D eigenvalue weighted by molar-refractivity contribution is 6.31. The standard InChI is InChI=1S/C15H26ClN3/c1-5-12-14(16)13(19(4)18-12)9-15(3,10-17-6-2)11-7-8-11/h11,17H,5-10H2,1-4H3. The number of nitrogens with one attached hydrogen (secondary N) is 1. The van der Waals surface area contributed by atoms with Gasteiger partial charge >= 0.3 is 0 Å². The molecular formula is C15H26ClN3. The number of hydrogen-bond donors (Lipinski definition) is 1. The second kappa shape index (κ2) is 5.84. The molecule has 0 bridgehead atoms. The van der Waals surface area contributed by atoms with E-state index >= 15 is 0 Å². The fourth-order valence-corrected chi connectivity index (χ4v) is 3.30. The minimum absolute atomic E-state index is 0.304. The van der Waals surface area contributed by atoms with Crippen molar-refractivity contribution in [2.75, 3.05) is 13.1 Å². The fourth-order valence-electron chi connectivity index (χ4n) is 2.94. The first-order valence-corrected chi connectivity index (χ1v) is 7.80. The summed E-state index contributed by atoms with van der Waals surface area (Å²) in [4.78, 5) is 0. The molecule has 1 unspecified atom stereocenters. The molecule has 0 spiro atoms. The maximum atomic E-state index is 6.49. The predicted molar refractivity (Wildman–Crippen MR) is 80.7 cm³/mol. The van der Waals surface area contributed by atoms with Crippen LogP contribution in [0.5, 0.6) is 0 Å². The van der Waals surface area contributed by atoms with Crippen molar-refractivity contribution in [2.45, 2.75) is 46.5 Å². The van der Waals surface area contributed by atoms with Gasteiger partial charge in [-0.1, -0.05) is 32.4 Å². The summed E-state index contributed by atoms with van der Waals surface area (Å²) in [5.41, 5.74) is 2.53. The van der Waals surface area contributed by atoms with E-state index in [1.54, 1.807) is 0 Å². The van der Waals surface area contributed by atoms with Gasteiger partial charge in [0.05, 0.1) is 16.4 Å². The topological polar surface area (TPSA) is 29.9 Å². The Morgan fingerprint density at radius 3 is 2.58 bits per heavy atom. The van der Waals surface area contributed by atoms with Gasteiger partial charge in [0.1, 0.15) is 0 Å². The van der Waals surface area contributed by atoms with Crippen molar-refractivity contribution >= 4 is 11.6 Å². The van der Waals surface area contributed by atoms with Crippen LogP contribution >= 0.6 is 11.6 Å². The van der Waals surface area contributed by atoms with Crippen LogP contribution in [0, 0.1) is 11.3 Å². The minimum atomic E-state index is 0.304. The summed E-state index contributed by atoms with van der Waals surface area (Å²) in [5, 5.41) is 8.94. The van der Waals surface area contributed by atoms with Crippen LogP contribution in [-0.4, -0.2) is 22.9 Å². The molecule has 1 aromatic rings. The van der Waals surface area contributed by atoms with Crippen LogP contribution in [0.25, 0.3) is 0 Å². The molecule has 19 heavy (non-hydrogen) atoms. The van der Waals surface area contributed by atoms with Crippen LogP contribution < -0.4 is 5.32 Å². The molecular weight excluding hydrogens is 258 g/mol. The van der Waals surface area contributed by atoms with E-state index < -0.39 is 0 Å². The highest BCUT2D eigenvalue weighted by atomic mass is 35.5. The SMILES string of the molecule is CCNCC(C)(Cc1c(Cl)c(CC)nn1C)C1CC1. The molecule has 0 aliphatic heterocycles. The second-order valence-electron chi connectivity index (χ2n) is 6.07. The lowest BCUT2D eigenvalue weighted by molar-refractivity contribution is 0.252. The number of hydrogen-bond acceptors (Lipinski definition) is 2. The van der Waals surface area contributed by atoms with E-state index in [1.807, 2.05) is 11.7 Å². The number of aromatic nitrogens is 2. The summed E-state index contributed by atoms with van der Waals surface area (Å²) < 4.78 is 1.98. The fraction of sp³-hybridized carbons (Fsp3) is 0.800. The van der Waals surface area contributed by atoms with Crippen molar-refractivity contribution in [3.05, 3.63) is 16.4 Å². The summed E-state index contributed by atoms with van der Waals surface area (Å²) in [6, 6.07) is 0. The van der Waals surface area contributed by atoms with Gasteiger partial charge in [0.15, 0.2) is 0 Å². The molecule has 108 valence electrons. The van der Waals surface area contributed by atoms with Crippen molar-refractivity contribution in [2.24, 2.45) is 18.4 Å². The Morgan fingerprint density at radius 2 is 2.11 bits per heavy atom. The van der Waals surface area contributed by atoms with E-state index in [0.29, 0.717) is 5.41 Å². The van der Waals surface area contributed by atoms with Gasteiger partial charge < -0.3 is 5.32 Å². The van der Waals surface area contributed by atoms with E-state index in [1.165, 1.54) is 18.5 Å². The molecule has 1 saturated carbocycles. The van der Waals surface area contributed by atoms with E-state index in [4.69, 9.17) is 11.6 Å². The number of nitrogens with zero attached hydrogens (tertiary/aromatic N) is 2. The minimum Gasteiger partial charge on any atom is -0.316 e. The Labute approximate surface area is 121 Å². The predicted octanol–water partition coefficient (Wildman–Crippen LogP) is 3.20. The summed E-state index contributed by atoms with van der Waals surface area (Å²) in [6.45, 7) is 8.76. The van der Waals surface area contributed by atoms with Gasteiger partial charge in [-0.2, -0.15) is 5.10 Å². The highest BCUT2D eigenvalue weighted by Gasteiger charge is 2.42. The first kappa shape index (κ1) is 14.9. The molecule has 2 rings (SSSR count). The molecule has 1 atom stereocenters. The normalized spacial score (nSPS) is 18.6. The van der Waals surface area contributed by atoms with Gasteiger partial charge in [0, 0.05) is 13.6 Å². The molecule has 0 amide bonds. The van der Waals surface area contributed by atoms with Crippen LogP contribution in [-0.2, 0) is 19.9 Å². The van der Waals surface area contributed by atoms with Gasteiger partial charge in [-0.3, -0.25) is 4.68 Å². The lowest BCUT2D eigenvalue weighted by atomic mass is 9.80. The lowest BCUT2D eigenvalue weighted by Crippen LogP contribution is -2.36. The lowest BCUT2D eigenvalue weighted by Gasteiger charge is -2.30. The summed E-state index contributed by atoms with van der Waals surface area (Å²) in [5.74, 6) is 0.836. The van der Waals surface area contributed by atoms with E-state index in [0.717, 1.165) is 42.6 Å². The third-order valence-electron chi connectivity index (χ3n) is 4.42. The average molecular weight is 284 g/mol. The van der Waals surface area contributed by atoms with Crippen molar-refractivity contribution in [1.29, 1.82) is 0 Å². The van der Waals surface area contributed by atoms with Crippen LogP contribution in [0.3, 0.4) is 0 Å². The van der Waals surface area contributed by atoms with E-state index in [9.17, 15) is 0 Å². The first-order valence-electron chi connectivity index (χ1n) is 7.42. The van der Waals surface area contributed by atoms with Crippen LogP contribution in [0.2, 0.25) is 5.02 Å². The van der Waals surface area contributed by atoms with Crippen molar-refractivity contribution in [1.82, 2.24) is 15.1 Å². The van der Waals surface area contributed by atoms with Crippen LogP contribution in [0.1, 0.15) is 45.0 Å². The molecule has 0 aromatic carbocycles. The maximum absolute atomic E-state index is 6.49. The third kappa shape index (κ3) is 3.14. The second-order valence-corrected chi connectivity index (χ2v) is 6.45. The molecule has 1 fully saturated rings. The van der Waals surface area contributed by atoms with Crippen LogP contribution in [0.15, 0.2) is 0 Å². The molecule has 4 heteroatoms. The van der Waals surface area contributed by atoms with Crippen LogP contribution in [0.4, 0.5) is 0 Å². The zero-order chi connectivity index (χ0) is 14.0. The quantitative estimate of drug-likeness (QED) is 0.833. The zero-order valence-corrected chi connectivity index (χ0v) is 13.3. The molecule has 0 radical (unpaired) electrons. The monoisotopic (exact) mass is 283 g/mol. The van der Waals surface area contributed by atoms with Gasteiger partial charge in [-0.25, -0.2) is 0 Å². The van der Waals surface area contributed by atoms with Crippen molar-refractivity contribution in [3.8, 4) is 0 Å². The van der Waals surface area contributed by atoms with E-state index in [2.05, 4.69) is 31.2 Å². The number of aryl methyl sites for hydroxylation is 2. The largest absolute Gasteiger partial charge is 0.316 e. The Bertz CT molecular complexity index is 437. The first-order chi connectivity index (χ1) is 9.01. The molecule has 1 N–H and O–H groups in total. The molecule has 1 aliphatic rings. The molecule has 0 saturated heterocycles. The Hall–Kier alpha value is -0.540. The van der Waals surface area contributed by atoms with Gasteiger partial charge in [0.25, 0.3) is 0 Å². The molecule has 1 aromatic heterocycles. The maximum Gasteiger partial charge on any atom is 0.0849 e. The van der Waals surface area contributed by atoms with E-state index in [-0.39, 0.29) is 0 Å². The van der Waals surface area contributed by atoms with Crippen molar-refractivity contribution < 1.29 is 0 Å². The average Bonchev–Trinajstić information content (AvgIpc) is 3.20. The Kier molecular flexibility index (Phi) is 4.57. The Balaban J connectivity index is 2.19. The molecule has 1 aliphatic carbocycles. The summed E-state index contributed by atoms with van der Waals surface area (Å²) >= 11 is 6.49. The summed E-state index contributed by atoms with van der Waals surface area (Å²) in [7, 11) is 2.01. The van der Waals surface area contributed by atoms with Crippen molar-refractivity contribution in [3.63, 3.8) is 0 Å². The van der Waals surface area contributed by atoms with Gasteiger partial charge in [-0.15, -0.1) is 0 Å². The van der Waals surface area contributed by atoms with Gasteiger partial charge in [0.2, 0.25) is 0 Å². The van der Waals surface area contributed by atoms with Gasteiger partial charge in [-0.05, 0) is 43.6 Å². The molecule has 3 nitrogen and oxygen atoms in total. The smallest absolute Gasteiger partial charge is 0.0849 e. The Morgan fingerprint density at radius 1 is 1.42 bits per heavy atom. The third-order valence-corrected chi connectivity index (χ3v) is 4.85. The number of halogens is 1. The number of rotatable bonds is 7. The zero-order valence-electron chi connectivity index (χ0n) is 12.6. The highest BCUT2D eigenvalue weighted by Crippen LogP contribution is 2.47. The summed E-state index contributed by atoms with van der Waals surface area (Å²) in [6.07, 6.45) is 4.64.